The number of benzene rings is 1. The minimum absolute atomic E-state index is 0.0582. The van der Waals surface area contributed by atoms with Gasteiger partial charge in [0.25, 0.3) is 0 Å². The Bertz CT molecular complexity index is 1210. The summed E-state index contributed by atoms with van der Waals surface area (Å²) < 4.78 is 15.0. The summed E-state index contributed by atoms with van der Waals surface area (Å²) in [4.78, 5) is 8.83. The standard InChI is InChI=1S/C23H23FN6O/c1-14-10-22(26-16(3)17-4-6-18(24)7-5-17)28-29-23(14)19-8-9-21(20(12-31)27-19)30-11-15(2)25-13-30/h4-11,13,16,31H,12H2,1-3H3,(H,26,28)/t16-/m0/s1. The van der Waals surface area contributed by atoms with Crippen molar-refractivity contribution in [1.29, 1.82) is 0 Å². The van der Waals surface area contributed by atoms with Crippen molar-refractivity contribution in [3.63, 3.8) is 0 Å². The van der Waals surface area contributed by atoms with Crippen molar-refractivity contribution in [2.75, 3.05) is 5.32 Å². The topological polar surface area (TPSA) is 88.8 Å². The molecule has 0 aliphatic heterocycles. The fraction of sp³-hybridized carbons (Fsp3) is 0.217. The maximum absolute atomic E-state index is 13.1. The molecule has 4 aromatic rings. The van der Waals surface area contributed by atoms with E-state index in [2.05, 4.69) is 25.5 Å². The quantitative estimate of drug-likeness (QED) is 0.489. The van der Waals surface area contributed by atoms with Gasteiger partial charge in [0.2, 0.25) is 0 Å². The molecule has 0 aliphatic rings. The van der Waals surface area contributed by atoms with Crippen LogP contribution in [-0.4, -0.2) is 29.8 Å². The number of rotatable bonds is 6. The van der Waals surface area contributed by atoms with E-state index in [4.69, 9.17) is 0 Å². The summed E-state index contributed by atoms with van der Waals surface area (Å²) >= 11 is 0. The Balaban J connectivity index is 1.58. The van der Waals surface area contributed by atoms with Crippen LogP contribution < -0.4 is 5.32 Å². The summed E-state index contributed by atoms with van der Waals surface area (Å²) in [5.41, 5.74) is 5.30. The second-order valence-corrected chi connectivity index (χ2v) is 7.42. The first kappa shape index (κ1) is 20.6. The Kier molecular flexibility index (Phi) is 5.73. The highest BCUT2D eigenvalue weighted by atomic mass is 19.1. The minimum atomic E-state index is -0.264. The van der Waals surface area contributed by atoms with Crippen molar-refractivity contribution in [3.8, 4) is 17.1 Å². The third kappa shape index (κ3) is 4.44. The number of halogens is 1. The van der Waals surface area contributed by atoms with Gasteiger partial charge in [-0.3, -0.25) is 0 Å². The zero-order chi connectivity index (χ0) is 22.0. The molecule has 7 nitrogen and oxygen atoms in total. The first-order valence-corrected chi connectivity index (χ1v) is 9.93. The number of aromatic nitrogens is 5. The molecule has 0 aliphatic carbocycles. The molecule has 158 valence electrons. The number of aryl methyl sites for hydroxylation is 2. The number of nitrogens with one attached hydrogen (secondary N) is 1. The Labute approximate surface area is 179 Å². The molecule has 0 spiro atoms. The molecular formula is C23H23FN6O. The van der Waals surface area contributed by atoms with Crippen LogP contribution in [0.15, 0.2) is 55.0 Å². The van der Waals surface area contributed by atoms with Crippen molar-refractivity contribution < 1.29 is 9.50 Å². The molecule has 0 fully saturated rings. The molecule has 8 heteroatoms. The van der Waals surface area contributed by atoms with E-state index in [1.54, 1.807) is 18.5 Å². The molecule has 4 rings (SSSR count). The highest BCUT2D eigenvalue weighted by Gasteiger charge is 2.14. The fourth-order valence-corrected chi connectivity index (χ4v) is 3.40. The van der Waals surface area contributed by atoms with Gasteiger partial charge < -0.3 is 15.0 Å². The third-order valence-corrected chi connectivity index (χ3v) is 5.05. The van der Waals surface area contributed by atoms with Crippen LogP contribution in [0.25, 0.3) is 17.1 Å². The van der Waals surface area contributed by atoms with Gasteiger partial charge in [0.05, 0.1) is 41.7 Å². The second-order valence-electron chi connectivity index (χ2n) is 7.42. The van der Waals surface area contributed by atoms with Crippen LogP contribution in [0.1, 0.15) is 35.5 Å². The predicted molar refractivity (Wildman–Crippen MR) is 116 cm³/mol. The van der Waals surface area contributed by atoms with Gasteiger partial charge in [-0.2, -0.15) is 0 Å². The van der Waals surface area contributed by atoms with Crippen LogP contribution in [0.2, 0.25) is 0 Å². The van der Waals surface area contributed by atoms with Crippen molar-refractivity contribution in [1.82, 2.24) is 24.7 Å². The summed E-state index contributed by atoms with van der Waals surface area (Å²) in [6.45, 7) is 5.61. The van der Waals surface area contributed by atoms with Crippen LogP contribution in [-0.2, 0) is 6.61 Å². The number of aliphatic hydroxyl groups excluding tert-OH is 1. The van der Waals surface area contributed by atoms with Gasteiger partial charge in [0.15, 0.2) is 0 Å². The summed E-state index contributed by atoms with van der Waals surface area (Å²) in [6, 6.07) is 11.9. The lowest BCUT2D eigenvalue weighted by Gasteiger charge is -2.16. The summed E-state index contributed by atoms with van der Waals surface area (Å²) in [7, 11) is 0. The molecule has 1 atom stereocenters. The number of aliphatic hydroxyl groups is 1. The van der Waals surface area contributed by atoms with E-state index in [0.717, 1.165) is 22.5 Å². The second kappa shape index (κ2) is 8.61. The molecule has 31 heavy (non-hydrogen) atoms. The third-order valence-electron chi connectivity index (χ3n) is 5.05. The molecule has 0 saturated carbocycles. The summed E-state index contributed by atoms with van der Waals surface area (Å²) in [5, 5.41) is 21.8. The van der Waals surface area contributed by atoms with Gasteiger partial charge in [-0.25, -0.2) is 14.4 Å². The molecule has 3 aromatic heterocycles. The van der Waals surface area contributed by atoms with Crippen LogP contribution in [0.5, 0.6) is 0 Å². The first-order chi connectivity index (χ1) is 14.9. The van der Waals surface area contributed by atoms with E-state index in [-0.39, 0.29) is 18.5 Å². The van der Waals surface area contributed by atoms with E-state index in [0.29, 0.717) is 22.9 Å². The lowest BCUT2D eigenvalue weighted by atomic mass is 10.1. The van der Waals surface area contributed by atoms with Crippen molar-refractivity contribution in [2.45, 2.75) is 33.4 Å². The zero-order valence-corrected chi connectivity index (χ0v) is 17.5. The average Bonchev–Trinajstić information content (AvgIpc) is 3.20. The monoisotopic (exact) mass is 418 g/mol. The summed E-state index contributed by atoms with van der Waals surface area (Å²) in [5.74, 6) is 0.353. The Morgan fingerprint density at radius 2 is 1.87 bits per heavy atom. The Morgan fingerprint density at radius 3 is 2.52 bits per heavy atom. The van der Waals surface area contributed by atoms with Gasteiger partial charge in [-0.15, -0.1) is 10.2 Å². The SMILES string of the molecule is Cc1cn(-c2ccc(-c3nnc(N[C@@H](C)c4ccc(F)cc4)cc3C)nc2CO)cn1. The zero-order valence-electron chi connectivity index (χ0n) is 17.5. The molecule has 2 N–H and O–H groups in total. The van der Waals surface area contributed by atoms with Crippen molar-refractivity contribution >= 4 is 5.82 Å². The number of nitrogens with zero attached hydrogens (tertiary/aromatic N) is 5. The van der Waals surface area contributed by atoms with Crippen LogP contribution in [0.4, 0.5) is 10.2 Å². The van der Waals surface area contributed by atoms with Crippen molar-refractivity contribution in [2.24, 2.45) is 0 Å². The maximum atomic E-state index is 13.1. The molecule has 0 radical (unpaired) electrons. The fourth-order valence-electron chi connectivity index (χ4n) is 3.40. The Morgan fingerprint density at radius 1 is 1.10 bits per heavy atom. The molecule has 0 unspecified atom stereocenters. The average molecular weight is 418 g/mol. The predicted octanol–water partition coefficient (Wildman–Crippen LogP) is 4.15. The van der Waals surface area contributed by atoms with Gasteiger partial charge >= 0.3 is 0 Å². The van der Waals surface area contributed by atoms with Gasteiger partial charge in [-0.1, -0.05) is 12.1 Å². The number of pyridine rings is 1. The number of imidazole rings is 1. The van der Waals surface area contributed by atoms with Gasteiger partial charge in [0, 0.05) is 6.20 Å². The van der Waals surface area contributed by atoms with Crippen LogP contribution >= 0.6 is 0 Å². The number of anilines is 1. The van der Waals surface area contributed by atoms with Crippen LogP contribution in [0, 0.1) is 19.7 Å². The van der Waals surface area contributed by atoms with E-state index in [1.807, 2.05) is 49.7 Å². The van der Waals surface area contributed by atoms with Crippen molar-refractivity contribution in [3.05, 3.63) is 83.3 Å². The lowest BCUT2D eigenvalue weighted by Crippen LogP contribution is -2.09. The van der Waals surface area contributed by atoms with E-state index in [9.17, 15) is 9.50 Å². The normalized spacial score (nSPS) is 12.0. The smallest absolute Gasteiger partial charge is 0.149 e. The molecule has 0 saturated heterocycles. The molecule has 0 bridgehead atoms. The highest BCUT2D eigenvalue weighted by Crippen LogP contribution is 2.25. The minimum Gasteiger partial charge on any atom is -0.390 e. The largest absolute Gasteiger partial charge is 0.390 e. The van der Waals surface area contributed by atoms with Gasteiger partial charge in [0.1, 0.15) is 17.3 Å². The first-order valence-electron chi connectivity index (χ1n) is 9.93. The molecule has 3 heterocycles. The molecular weight excluding hydrogens is 395 g/mol. The van der Waals surface area contributed by atoms with E-state index < -0.39 is 0 Å². The van der Waals surface area contributed by atoms with Gasteiger partial charge in [-0.05, 0) is 62.2 Å². The number of hydrogen-bond acceptors (Lipinski definition) is 6. The van der Waals surface area contributed by atoms with E-state index >= 15 is 0 Å². The molecule has 1 aromatic carbocycles. The summed E-state index contributed by atoms with van der Waals surface area (Å²) in [6.07, 6.45) is 3.57. The Hall–Kier alpha value is -3.65. The molecule has 0 amide bonds. The lowest BCUT2D eigenvalue weighted by molar-refractivity contribution is 0.276. The number of hydrogen-bond donors (Lipinski definition) is 2. The van der Waals surface area contributed by atoms with Crippen LogP contribution in [0.3, 0.4) is 0 Å². The van der Waals surface area contributed by atoms with E-state index in [1.165, 1.54) is 12.1 Å². The highest BCUT2D eigenvalue weighted by molar-refractivity contribution is 5.62. The maximum Gasteiger partial charge on any atom is 0.149 e.